The maximum Gasteiger partial charge on any atom is 0.150 e. The minimum atomic E-state index is -0.662. The quantitative estimate of drug-likeness (QED) is 0.602. The lowest BCUT2D eigenvalue weighted by atomic mass is 10.0. The van der Waals surface area contributed by atoms with E-state index in [9.17, 15) is 8.78 Å². The van der Waals surface area contributed by atoms with Gasteiger partial charge in [0.2, 0.25) is 0 Å². The van der Waals surface area contributed by atoms with Crippen LogP contribution in [0, 0.1) is 11.6 Å². The number of benzene rings is 2. The van der Waals surface area contributed by atoms with E-state index in [1.165, 1.54) is 18.2 Å². The number of hydrogen-bond acceptors (Lipinski definition) is 1. The van der Waals surface area contributed by atoms with Gasteiger partial charge in [-0.25, -0.2) is 8.78 Å². The molecule has 0 atom stereocenters. The molecule has 0 aliphatic rings. The monoisotopic (exact) mass is 317 g/mol. The van der Waals surface area contributed by atoms with Gasteiger partial charge < -0.3 is 5.73 Å². The molecule has 0 unspecified atom stereocenters. The summed E-state index contributed by atoms with van der Waals surface area (Å²) in [6.07, 6.45) is 0. The molecule has 0 spiro atoms. The normalized spacial score (nSPS) is 10.6. The molecule has 17 heavy (non-hydrogen) atoms. The van der Waals surface area contributed by atoms with Gasteiger partial charge in [-0.05, 0) is 40.2 Å². The molecule has 0 aliphatic heterocycles. The summed E-state index contributed by atoms with van der Waals surface area (Å²) in [4.78, 5) is 0. The first-order valence-electron chi connectivity index (χ1n) is 4.69. The fourth-order valence-electron chi connectivity index (χ4n) is 1.48. The van der Waals surface area contributed by atoms with E-state index in [0.717, 1.165) is 6.07 Å². The summed E-state index contributed by atoms with van der Waals surface area (Å²) in [6.45, 7) is 0. The predicted molar refractivity (Wildman–Crippen MR) is 68.9 cm³/mol. The van der Waals surface area contributed by atoms with Crippen LogP contribution in [-0.4, -0.2) is 0 Å². The topological polar surface area (TPSA) is 26.0 Å². The molecule has 0 heterocycles. The Morgan fingerprint density at radius 3 is 2.35 bits per heavy atom. The van der Waals surface area contributed by atoms with E-state index in [-0.39, 0.29) is 21.8 Å². The van der Waals surface area contributed by atoms with Crippen LogP contribution in [0.4, 0.5) is 14.5 Å². The third-order valence-corrected chi connectivity index (χ3v) is 3.58. The van der Waals surface area contributed by atoms with Crippen LogP contribution in [0.1, 0.15) is 0 Å². The zero-order chi connectivity index (χ0) is 12.6. The highest BCUT2D eigenvalue weighted by Gasteiger charge is 2.14. The van der Waals surface area contributed by atoms with Gasteiger partial charge in [0.25, 0.3) is 0 Å². The number of nitrogen functional groups attached to an aromatic ring is 1. The zero-order valence-electron chi connectivity index (χ0n) is 8.48. The Hall–Kier alpha value is -1.13. The molecule has 2 aromatic carbocycles. The summed E-state index contributed by atoms with van der Waals surface area (Å²) in [5.74, 6) is -1.24. The van der Waals surface area contributed by atoms with Gasteiger partial charge in [-0.2, -0.15) is 0 Å². The minimum absolute atomic E-state index is 0.0706. The molecule has 0 saturated carbocycles. The Bertz CT molecular complexity index is 587. The van der Waals surface area contributed by atoms with Gasteiger partial charge >= 0.3 is 0 Å². The highest BCUT2D eigenvalue weighted by atomic mass is 79.9. The summed E-state index contributed by atoms with van der Waals surface area (Å²) in [7, 11) is 0. The molecular formula is C12H7BrClF2N. The minimum Gasteiger partial charge on any atom is -0.399 e. The third-order valence-electron chi connectivity index (χ3n) is 2.32. The van der Waals surface area contributed by atoms with Crippen molar-refractivity contribution in [2.75, 3.05) is 5.73 Å². The van der Waals surface area contributed by atoms with E-state index < -0.39 is 11.6 Å². The van der Waals surface area contributed by atoms with E-state index in [1.807, 2.05) is 0 Å². The average Bonchev–Trinajstić information content (AvgIpc) is 2.28. The molecule has 0 radical (unpaired) electrons. The van der Waals surface area contributed by atoms with Gasteiger partial charge in [0.15, 0.2) is 5.82 Å². The number of hydrogen-bond donors (Lipinski definition) is 1. The van der Waals surface area contributed by atoms with Crippen molar-refractivity contribution in [3.05, 3.63) is 51.5 Å². The van der Waals surface area contributed by atoms with E-state index in [1.54, 1.807) is 6.07 Å². The van der Waals surface area contributed by atoms with Crippen molar-refractivity contribution in [3.8, 4) is 11.1 Å². The molecule has 0 aliphatic carbocycles. The lowest BCUT2D eigenvalue weighted by Crippen LogP contribution is -1.92. The second kappa shape index (κ2) is 4.63. The predicted octanol–water partition coefficient (Wildman–Crippen LogP) is 4.63. The van der Waals surface area contributed by atoms with Crippen LogP contribution in [0.15, 0.2) is 34.8 Å². The van der Waals surface area contributed by atoms with Crippen molar-refractivity contribution in [2.45, 2.75) is 0 Å². The summed E-state index contributed by atoms with van der Waals surface area (Å²) in [5.41, 5.74) is 5.96. The van der Waals surface area contributed by atoms with Gasteiger partial charge in [0.1, 0.15) is 5.82 Å². The van der Waals surface area contributed by atoms with Gasteiger partial charge in [0, 0.05) is 21.3 Å². The molecule has 2 rings (SSSR count). The second-order valence-corrected chi connectivity index (χ2v) is 4.69. The molecule has 2 N–H and O–H groups in total. The number of nitrogens with two attached hydrogens (primary N) is 1. The second-order valence-electron chi connectivity index (χ2n) is 3.46. The van der Waals surface area contributed by atoms with Gasteiger partial charge in [-0.1, -0.05) is 17.7 Å². The molecule has 1 nitrogen and oxygen atoms in total. The van der Waals surface area contributed by atoms with Gasteiger partial charge in [0.05, 0.1) is 5.02 Å². The van der Waals surface area contributed by atoms with Crippen molar-refractivity contribution < 1.29 is 8.78 Å². The maximum absolute atomic E-state index is 13.9. The zero-order valence-corrected chi connectivity index (χ0v) is 10.8. The molecule has 0 saturated heterocycles. The molecule has 0 aromatic heterocycles. The van der Waals surface area contributed by atoms with Crippen molar-refractivity contribution in [1.29, 1.82) is 0 Å². The van der Waals surface area contributed by atoms with Crippen LogP contribution < -0.4 is 5.73 Å². The van der Waals surface area contributed by atoms with E-state index in [2.05, 4.69) is 15.9 Å². The summed E-state index contributed by atoms with van der Waals surface area (Å²) < 4.78 is 27.9. The highest BCUT2D eigenvalue weighted by molar-refractivity contribution is 9.10. The maximum atomic E-state index is 13.9. The molecule has 0 fully saturated rings. The average molecular weight is 319 g/mol. The molecule has 88 valence electrons. The largest absolute Gasteiger partial charge is 0.399 e. The first kappa shape index (κ1) is 12.3. The van der Waals surface area contributed by atoms with Crippen LogP contribution in [0.5, 0.6) is 0 Å². The number of anilines is 1. The SMILES string of the molecule is Nc1ccc(-c2ccc(Br)c(Cl)c2F)c(F)c1. The molecule has 0 amide bonds. The molecule has 2 aromatic rings. The van der Waals surface area contributed by atoms with Crippen LogP contribution >= 0.6 is 27.5 Å². The number of halogens is 4. The highest BCUT2D eigenvalue weighted by Crippen LogP contribution is 2.34. The van der Waals surface area contributed by atoms with Crippen molar-refractivity contribution in [3.63, 3.8) is 0 Å². The lowest BCUT2D eigenvalue weighted by Gasteiger charge is -2.08. The summed E-state index contributed by atoms with van der Waals surface area (Å²) in [6, 6.07) is 7.10. The Morgan fingerprint density at radius 2 is 1.71 bits per heavy atom. The summed E-state index contributed by atoms with van der Waals surface area (Å²) in [5, 5.41) is -0.0706. The Morgan fingerprint density at radius 1 is 1.06 bits per heavy atom. The van der Waals surface area contributed by atoms with E-state index >= 15 is 0 Å². The smallest absolute Gasteiger partial charge is 0.150 e. The fraction of sp³-hybridized carbons (Fsp3) is 0. The van der Waals surface area contributed by atoms with E-state index in [0.29, 0.717) is 4.47 Å². The van der Waals surface area contributed by atoms with Crippen molar-refractivity contribution in [2.24, 2.45) is 0 Å². The summed E-state index contributed by atoms with van der Waals surface area (Å²) >= 11 is 8.84. The van der Waals surface area contributed by atoms with Crippen molar-refractivity contribution >= 4 is 33.2 Å². The number of rotatable bonds is 1. The first-order valence-corrected chi connectivity index (χ1v) is 5.86. The first-order chi connectivity index (χ1) is 8.00. The Kier molecular flexibility index (Phi) is 3.35. The third kappa shape index (κ3) is 2.28. The van der Waals surface area contributed by atoms with Crippen LogP contribution in [-0.2, 0) is 0 Å². The van der Waals surface area contributed by atoms with Crippen LogP contribution in [0.25, 0.3) is 11.1 Å². The van der Waals surface area contributed by atoms with E-state index in [4.69, 9.17) is 17.3 Å². The Labute approximate surface area is 110 Å². The molecule has 0 bridgehead atoms. The lowest BCUT2D eigenvalue weighted by molar-refractivity contribution is 0.616. The van der Waals surface area contributed by atoms with Crippen LogP contribution in [0.2, 0.25) is 5.02 Å². The van der Waals surface area contributed by atoms with Gasteiger partial charge in [-0.15, -0.1) is 0 Å². The standard InChI is InChI=1S/C12H7BrClF2N/c13-9-4-3-8(12(16)11(9)14)7-2-1-6(17)5-10(7)15/h1-5H,17H2. The van der Waals surface area contributed by atoms with Gasteiger partial charge in [-0.3, -0.25) is 0 Å². The molecular weight excluding hydrogens is 311 g/mol. The molecule has 5 heteroatoms. The van der Waals surface area contributed by atoms with Crippen molar-refractivity contribution in [1.82, 2.24) is 0 Å². The van der Waals surface area contributed by atoms with Crippen LogP contribution in [0.3, 0.4) is 0 Å². The Balaban J connectivity index is 2.65. The fourth-order valence-corrected chi connectivity index (χ4v) is 1.95.